The molecule has 1 aliphatic heterocycles. The monoisotopic (exact) mass is 337 g/mol. The number of halogens is 1. The lowest BCUT2D eigenvalue weighted by molar-refractivity contribution is -0.146. The zero-order chi connectivity index (χ0) is 16.7. The van der Waals surface area contributed by atoms with Crippen molar-refractivity contribution in [1.29, 1.82) is 0 Å². The van der Waals surface area contributed by atoms with E-state index in [1.807, 2.05) is 24.3 Å². The fraction of sp³-hybridized carbons (Fsp3) is 0.529. The third-order valence-corrected chi connectivity index (χ3v) is 4.24. The van der Waals surface area contributed by atoms with E-state index >= 15 is 0 Å². The molecule has 1 aliphatic rings. The van der Waals surface area contributed by atoms with E-state index in [1.165, 1.54) is 0 Å². The predicted molar refractivity (Wildman–Crippen MR) is 92.8 cm³/mol. The van der Waals surface area contributed by atoms with Crippen molar-refractivity contribution in [3.8, 4) is 0 Å². The summed E-state index contributed by atoms with van der Waals surface area (Å²) >= 11 is 6.01. The Bertz CT molecular complexity index is 542. The van der Waals surface area contributed by atoms with Crippen molar-refractivity contribution < 1.29 is 9.59 Å². The highest BCUT2D eigenvalue weighted by Crippen LogP contribution is 2.20. The maximum atomic E-state index is 12.1. The van der Waals surface area contributed by atoms with E-state index in [9.17, 15) is 9.59 Å². The molecule has 5 nitrogen and oxygen atoms in total. The van der Waals surface area contributed by atoms with Crippen molar-refractivity contribution in [2.24, 2.45) is 0 Å². The highest BCUT2D eigenvalue weighted by Gasteiger charge is 2.25. The molecular weight excluding hydrogens is 314 g/mol. The number of hydrogen-bond acceptors (Lipinski definition) is 3. The average Bonchev–Trinajstić information content (AvgIpc) is 2.58. The first kappa shape index (κ1) is 17.6. The molecule has 0 atom stereocenters. The smallest absolute Gasteiger partial charge is 0.312 e. The van der Waals surface area contributed by atoms with Crippen molar-refractivity contribution >= 4 is 29.1 Å². The summed E-state index contributed by atoms with van der Waals surface area (Å²) in [7, 11) is 0. The first-order valence-electron chi connectivity index (χ1n) is 8.19. The lowest BCUT2D eigenvalue weighted by Crippen LogP contribution is -2.52. The van der Waals surface area contributed by atoms with Crippen molar-refractivity contribution in [2.45, 2.75) is 26.2 Å². The van der Waals surface area contributed by atoms with Gasteiger partial charge in [-0.25, -0.2) is 0 Å². The molecule has 23 heavy (non-hydrogen) atoms. The number of piperazine rings is 1. The Kier molecular flexibility index (Phi) is 6.71. The molecule has 6 heteroatoms. The maximum absolute atomic E-state index is 12.1. The van der Waals surface area contributed by atoms with Crippen LogP contribution in [0.4, 0.5) is 5.69 Å². The van der Waals surface area contributed by atoms with E-state index in [0.717, 1.165) is 24.9 Å². The zero-order valence-electron chi connectivity index (χ0n) is 13.6. The van der Waals surface area contributed by atoms with Gasteiger partial charge < -0.3 is 15.1 Å². The Morgan fingerprint density at radius 1 is 1.17 bits per heavy atom. The van der Waals surface area contributed by atoms with Gasteiger partial charge in [0.2, 0.25) is 0 Å². The molecule has 1 aromatic carbocycles. The third kappa shape index (κ3) is 5.13. The van der Waals surface area contributed by atoms with Gasteiger partial charge in [0.25, 0.3) is 0 Å². The quantitative estimate of drug-likeness (QED) is 0.662. The van der Waals surface area contributed by atoms with Gasteiger partial charge in [0.05, 0.1) is 0 Å². The Morgan fingerprint density at radius 3 is 2.57 bits per heavy atom. The van der Waals surface area contributed by atoms with Crippen LogP contribution < -0.4 is 10.2 Å². The van der Waals surface area contributed by atoms with E-state index in [1.54, 1.807) is 4.90 Å². The molecular formula is C17H24ClN3O2. The van der Waals surface area contributed by atoms with Crippen molar-refractivity contribution in [2.75, 3.05) is 37.6 Å². The lowest BCUT2D eigenvalue weighted by Gasteiger charge is -2.35. The number of carbonyl (C=O) groups excluding carboxylic acids is 2. The minimum atomic E-state index is -0.489. The van der Waals surface area contributed by atoms with Gasteiger partial charge >= 0.3 is 11.8 Å². The molecule has 0 spiro atoms. The van der Waals surface area contributed by atoms with Gasteiger partial charge in [-0.2, -0.15) is 0 Å². The molecule has 1 aromatic rings. The molecule has 0 aliphatic carbocycles. The van der Waals surface area contributed by atoms with E-state index in [4.69, 9.17) is 11.6 Å². The molecule has 1 heterocycles. The highest BCUT2D eigenvalue weighted by molar-refractivity contribution is 6.35. The summed E-state index contributed by atoms with van der Waals surface area (Å²) in [4.78, 5) is 27.8. The van der Waals surface area contributed by atoms with Gasteiger partial charge in [-0.3, -0.25) is 9.59 Å². The number of nitrogens with zero attached hydrogens (tertiary/aromatic N) is 2. The first-order chi connectivity index (χ1) is 11.1. The SMILES string of the molecule is CCCCCNC(=O)C(=O)N1CCN(c2cccc(Cl)c2)CC1. The topological polar surface area (TPSA) is 52.7 Å². The molecule has 1 saturated heterocycles. The van der Waals surface area contributed by atoms with E-state index < -0.39 is 11.8 Å². The van der Waals surface area contributed by atoms with Crippen LogP contribution in [0, 0.1) is 0 Å². The van der Waals surface area contributed by atoms with Gasteiger partial charge in [0, 0.05) is 43.4 Å². The number of hydrogen-bond donors (Lipinski definition) is 1. The number of unbranched alkanes of at least 4 members (excludes halogenated alkanes) is 2. The second-order valence-corrected chi connectivity index (χ2v) is 6.16. The van der Waals surface area contributed by atoms with E-state index in [-0.39, 0.29) is 0 Å². The Hall–Kier alpha value is -1.75. The Labute approximate surface area is 142 Å². The minimum Gasteiger partial charge on any atom is -0.368 e. The number of nitrogens with one attached hydrogen (secondary N) is 1. The van der Waals surface area contributed by atoms with Crippen LogP contribution in [-0.4, -0.2) is 49.4 Å². The van der Waals surface area contributed by atoms with E-state index in [2.05, 4.69) is 17.1 Å². The summed E-state index contributed by atoms with van der Waals surface area (Å²) < 4.78 is 0. The zero-order valence-corrected chi connectivity index (χ0v) is 14.3. The third-order valence-electron chi connectivity index (χ3n) is 4.00. The molecule has 1 N–H and O–H groups in total. The molecule has 1 fully saturated rings. The lowest BCUT2D eigenvalue weighted by atomic mass is 10.2. The van der Waals surface area contributed by atoms with Crippen molar-refractivity contribution in [3.63, 3.8) is 0 Å². The molecule has 126 valence electrons. The van der Waals surface area contributed by atoms with Crippen LogP contribution in [0.15, 0.2) is 24.3 Å². The largest absolute Gasteiger partial charge is 0.368 e. The van der Waals surface area contributed by atoms with Gasteiger partial charge in [0.15, 0.2) is 0 Å². The van der Waals surface area contributed by atoms with Crippen molar-refractivity contribution in [1.82, 2.24) is 10.2 Å². The summed E-state index contributed by atoms with van der Waals surface area (Å²) in [6.07, 6.45) is 3.07. The fourth-order valence-corrected chi connectivity index (χ4v) is 2.82. The first-order valence-corrected chi connectivity index (χ1v) is 8.57. The van der Waals surface area contributed by atoms with Crippen LogP contribution in [0.2, 0.25) is 5.02 Å². The Morgan fingerprint density at radius 2 is 1.91 bits per heavy atom. The molecule has 0 saturated carbocycles. The van der Waals surface area contributed by atoms with Gasteiger partial charge in [-0.1, -0.05) is 37.4 Å². The molecule has 0 aromatic heterocycles. The average molecular weight is 338 g/mol. The van der Waals surface area contributed by atoms with Crippen LogP contribution in [-0.2, 0) is 9.59 Å². The van der Waals surface area contributed by atoms with Crippen molar-refractivity contribution in [3.05, 3.63) is 29.3 Å². The summed E-state index contributed by atoms with van der Waals surface area (Å²) in [6.45, 7) is 5.18. The molecule has 2 rings (SSSR count). The normalized spacial score (nSPS) is 14.7. The number of anilines is 1. The molecule has 0 radical (unpaired) electrons. The van der Waals surface area contributed by atoms with Gasteiger partial charge in [-0.15, -0.1) is 0 Å². The number of carbonyl (C=O) groups is 2. The summed E-state index contributed by atoms with van der Waals surface area (Å²) in [5, 5.41) is 3.41. The summed E-state index contributed by atoms with van der Waals surface area (Å²) in [5.41, 5.74) is 1.05. The number of benzene rings is 1. The second-order valence-electron chi connectivity index (χ2n) is 5.72. The van der Waals surface area contributed by atoms with Crippen LogP contribution in [0.1, 0.15) is 26.2 Å². The van der Waals surface area contributed by atoms with Crippen LogP contribution in [0.5, 0.6) is 0 Å². The second kappa shape index (κ2) is 8.77. The molecule has 0 bridgehead atoms. The summed E-state index contributed by atoms with van der Waals surface area (Å²) in [6, 6.07) is 7.68. The predicted octanol–water partition coefficient (Wildman–Crippen LogP) is 2.29. The number of amides is 2. The standard InChI is InChI=1S/C17H24ClN3O2/c1-2-3-4-8-19-16(22)17(23)21-11-9-20(10-12-21)15-7-5-6-14(18)13-15/h5-7,13H,2-4,8-12H2,1H3,(H,19,22). The van der Waals surface area contributed by atoms with Crippen LogP contribution >= 0.6 is 11.6 Å². The van der Waals surface area contributed by atoms with Gasteiger partial charge in [-0.05, 0) is 24.6 Å². The highest BCUT2D eigenvalue weighted by atomic mass is 35.5. The van der Waals surface area contributed by atoms with Crippen LogP contribution in [0.3, 0.4) is 0 Å². The van der Waals surface area contributed by atoms with Gasteiger partial charge in [0.1, 0.15) is 0 Å². The molecule has 2 amide bonds. The fourth-order valence-electron chi connectivity index (χ4n) is 2.64. The molecule has 0 unspecified atom stereocenters. The minimum absolute atomic E-state index is 0.424. The number of rotatable bonds is 5. The van der Waals surface area contributed by atoms with Crippen LogP contribution in [0.25, 0.3) is 0 Å². The maximum Gasteiger partial charge on any atom is 0.312 e. The van der Waals surface area contributed by atoms with E-state index in [0.29, 0.717) is 37.7 Å². The summed E-state index contributed by atoms with van der Waals surface area (Å²) in [5.74, 6) is -0.912. The Balaban J connectivity index is 1.79.